The van der Waals surface area contributed by atoms with Gasteiger partial charge in [-0.2, -0.15) is 0 Å². The number of amides is 2. The Morgan fingerprint density at radius 3 is 2.13 bits per heavy atom. The molecule has 12 heteroatoms. The normalized spacial score (nSPS) is 11.9. The van der Waals surface area contributed by atoms with Crippen LogP contribution in [-0.4, -0.2) is 51.4 Å². The zero-order valence-electron chi connectivity index (χ0n) is 26.0. The topological polar surface area (TPSA) is 96.0 Å². The summed E-state index contributed by atoms with van der Waals surface area (Å²) < 4.78 is 34.5. The number of unbranched alkanes of at least 4 members (excludes halogenated alkanes) is 1. The van der Waals surface area contributed by atoms with Gasteiger partial charge in [0.2, 0.25) is 11.8 Å². The van der Waals surface area contributed by atoms with Gasteiger partial charge in [-0.05, 0) is 60.0 Å². The number of hydrogen-bond donors (Lipinski definition) is 1. The van der Waals surface area contributed by atoms with Gasteiger partial charge in [0.1, 0.15) is 18.3 Å². The van der Waals surface area contributed by atoms with Gasteiger partial charge in [-0.3, -0.25) is 13.9 Å². The number of nitrogens with one attached hydrogen (secondary N) is 1. The van der Waals surface area contributed by atoms with Crippen LogP contribution < -0.4 is 14.4 Å². The average Bonchev–Trinajstić information content (AvgIpc) is 3.07. The minimum Gasteiger partial charge on any atom is -0.495 e. The van der Waals surface area contributed by atoms with Crippen LogP contribution in [0.25, 0.3) is 0 Å². The number of ether oxygens (including phenoxy) is 1. The van der Waals surface area contributed by atoms with Gasteiger partial charge in [0.15, 0.2) is 0 Å². The number of anilines is 1. The Morgan fingerprint density at radius 1 is 0.830 bits per heavy atom. The number of carbonyl (C=O) groups is 2. The zero-order chi connectivity index (χ0) is 34.0. The molecular formula is C35H36Cl3N3O5S. The largest absolute Gasteiger partial charge is 0.495 e. The molecule has 4 rings (SSSR count). The predicted octanol–water partition coefficient (Wildman–Crippen LogP) is 7.41. The van der Waals surface area contributed by atoms with Crippen molar-refractivity contribution in [1.82, 2.24) is 10.2 Å². The van der Waals surface area contributed by atoms with Gasteiger partial charge in [-0.1, -0.05) is 103 Å². The van der Waals surface area contributed by atoms with Gasteiger partial charge in [0.25, 0.3) is 10.0 Å². The van der Waals surface area contributed by atoms with Crippen molar-refractivity contribution in [3.8, 4) is 5.75 Å². The fourth-order valence-electron chi connectivity index (χ4n) is 4.95. The summed E-state index contributed by atoms with van der Waals surface area (Å²) in [5.41, 5.74) is 1.58. The van der Waals surface area contributed by atoms with Crippen molar-refractivity contribution in [2.24, 2.45) is 0 Å². The van der Waals surface area contributed by atoms with E-state index in [4.69, 9.17) is 39.5 Å². The minimum absolute atomic E-state index is 0.0195. The maximum atomic E-state index is 14.6. The molecule has 0 bridgehead atoms. The van der Waals surface area contributed by atoms with Crippen molar-refractivity contribution >= 4 is 62.3 Å². The van der Waals surface area contributed by atoms with Crippen LogP contribution in [0.15, 0.2) is 102 Å². The van der Waals surface area contributed by atoms with E-state index in [1.165, 1.54) is 42.3 Å². The molecule has 0 radical (unpaired) electrons. The Morgan fingerprint density at radius 2 is 1.51 bits per heavy atom. The van der Waals surface area contributed by atoms with Gasteiger partial charge >= 0.3 is 0 Å². The van der Waals surface area contributed by atoms with E-state index in [1.54, 1.807) is 36.4 Å². The first-order valence-corrected chi connectivity index (χ1v) is 17.6. The molecule has 1 atom stereocenters. The van der Waals surface area contributed by atoms with Crippen molar-refractivity contribution in [3.05, 3.63) is 123 Å². The first kappa shape index (κ1) is 36.1. The molecule has 0 aliphatic rings. The van der Waals surface area contributed by atoms with Crippen molar-refractivity contribution in [2.45, 2.75) is 43.7 Å². The first-order valence-electron chi connectivity index (χ1n) is 15.0. The van der Waals surface area contributed by atoms with Crippen LogP contribution in [-0.2, 0) is 32.6 Å². The summed E-state index contributed by atoms with van der Waals surface area (Å²) in [6.45, 7) is 1.76. The van der Waals surface area contributed by atoms with Gasteiger partial charge < -0.3 is 15.0 Å². The second-order valence-electron chi connectivity index (χ2n) is 10.8. The molecule has 0 aliphatic heterocycles. The lowest BCUT2D eigenvalue weighted by Crippen LogP contribution is -2.53. The third-order valence-electron chi connectivity index (χ3n) is 7.47. The number of hydrogen-bond acceptors (Lipinski definition) is 5. The zero-order valence-corrected chi connectivity index (χ0v) is 29.1. The first-order chi connectivity index (χ1) is 22.5. The molecule has 0 heterocycles. The molecule has 0 saturated carbocycles. The van der Waals surface area contributed by atoms with Crippen molar-refractivity contribution in [2.75, 3.05) is 24.5 Å². The molecule has 2 amide bonds. The van der Waals surface area contributed by atoms with Crippen LogP contribution >= 0.6 is 34.8 Å². The molecule has 1 N–H and O–H groups in total. The van der Waals surface area contributed by atoms with E-state index in [9.17, 15) is 18.0 Å². The Kier molecular flexibility index (Phi) is 13.0. The number of halogens is 3. The monoisotopic (exact) mass is 715 g/mol. The second kappa shape index (κ2) is 16.9. The van der Waals surface area contributed by atoms with Gasteiger partial charge in [0, 0.05) is 19.5 Å². The van der Waals surface area contributed by atoms with E-state index < -0.39 is 28.5 Å². The number of nitrogens with zero attached hydrogens (tertiary/aromatic N) is 2. The van der Waals surface area contributed by atoms with Crippen molar-refractivity contribution in [3.63, 3.8) is 0 Å². The van der Waals surface area contributed by atoms with Gasteiger partial charge in [-0.25, -0.2) is 8.42 Å². The van der Waals surface area contributed by atoms with Crippen LogP contribution in [0.2, 0.25) is 15.1 Å². The standard InChI is InChI=1S/C35H36Cl3N3O5S/c1-3-4-19-39-35(43)32(21-25-11-7-5-8-12-25)40(23-26-15-17-29(36)30(37)20-26)34(42)24-41(27-16-18-33(46-2)31(38)22-27)47(44,45)28-13-9-6-10-14-28/h5-18,20,22,32H,3-4,19,21,23-24H2,1-2H3,(H,39,43)/t32-/m1/s1. The SMILES string of the molecule is CCCCNC(=O)[C@@H](Cc1ccccc1)N(Cc1ccc(Cl)c(Cl)c1)C(=O)CN(c1ccc(OC)c(Cl)c1)S(=O)(=O)c1ccccc1. The minimum atomic E-state index is -4.28. The number of rotatable bonds is 15. The number of sulfonamides is 1. The highest BCUT2D eigenvalue weighted by Crippen LogP contribution is 2.32. The van der Waals surface area contributed by atoms with Crippen LogP contribution in [0, 0.1) is 0 Å². The maximum absolute atomic E-state index is 14.6. The highest BCUT2D eigenvalue weighted by Gasteiger charge is 2.35. The quantitative estimate of drug-likeness (QED) is 0.129. The maximum Gasteiger partial charge on any atom is 0.264 e. The van der Waals surface area contributed by atoms with Crippen LogP contribution in [0.5, 0.6) is 5.75 Å². The summed E-state index contributed by atoms with van der Waals surface area (Å²) in [7, 11) is -2.83. The molecule has 0 aromatic heterocycles. The van der Waals surface area contributed by atoms with Crippen molar-refractivity contribution in [1.29, 1.82) is 0 Å². The lowest BCUT2D eigenvalue weighted by atomic mass is 10.0. The Bertz CT molecular complexity index is 1780. The Balaban J connectivity index is 1.82. The molecular weight excluding hydrogens is 681 g/mol. The summed E-state index contributed by atoms with van der Waals surface area (Å²) in [5, 5.41) is 3.74. The number of methoxy groups -OCH3 is 1. The molecule has 0 saturated heterocycles. The fraction of sp³-hybridized carbons (Fsp3) is 0.257. The van der Waals surface area contributed by atoms with Gasteiger partial charge in [-0.15, -0.1) is 0 Å². The Hall–Kier alpha value is -3.76. The van der Waals surface area contributed by atoms with E-state index in [1.807, 2.05) is 37.3 Å². The van der Waals surface area contributed by atoms with E-state index in [0.29, 0.717) is 22.9 Å². The van der Waals surface area contributed by atoms with Crippen LogP contribution in [0.3, 0.4) is 0 Å². The molecule has 47 heavy (non-hydrogen) atoms. The molecule has 4 aromatic rings. The molecule has 0 unspecified atom stereocenters. The smallest absolute Gasteiger partial charge is 0.264 e. The number of carbonyl (C=O) groups excluding carboxylic acids is 2. The van der Waals surface area contributed by atoms with E-state index in [-0.39, 0.29) is 39.5 Å². The highest BCUT2D eigenvalue weighted by molar-refractivity contribution is 7.92. The second-order valence-corrected chi connectivity index (χ2v) is 13.8. The molecule has 0 spiro atoms. The van der Waals surface area contributed by atoms with Crippen molar-refractivity contribution < 1.29 is 22.7 Å². The molecule has 0 aliphatic carbocycles. The molecule has 248 valence electrons. The average molecular weight is 717 g/mol. The third kappa shape index (κ3) is 9.41. The molecule has 8 nitrogen and oxygen atoms in total. The third-order valence-corrected chi connectivity index (χ3v) is 10.3. The lowest BCUT2D eigenvalue weighted by Gasteiger charge is -2.34. The summed E-state index contributed by atoms with van der Waals surface area (Å²) in [5.74, 6) is -0.638. The van der Waals surface area contributed by atoms with E-state index in [2.05, 4.69) is 5.32 Å². The molecule has 4 aromatic carbocycles. The van der Waals surface area contributed by atoms with Crippen LogP contribution in [0.1, 0.15) is 30.9 Å². The number of benzene rings is 4. The summed E-state index contributed by atoms with van der Waals surface area (Å²) >= 11 is 18.9. The summed E-state index contributed by atoms with van der Waals surface area (Å²) in [4.78, 5) is 29.8. The van der Waals surface area contributed by atoms with Crippen LogP contribution in [0.4, 0.5) is 5.69 Å². The fourth-order valence-corrected chi connectivity index (χ4v) is 6.95. The van der Waals surface area contributed by atoms with Gasteiger partial charge in [0.05, 0.1) is 32.8 Å². The molecule has 0 fully saturated rings. The van der Waals surface area contributed by atoms with E-state index in [0.717, 1.165) is 22.7 Å². The summed E-state index contributed by atoms with van der Waals surface area (Å²) in [6.07, 6.45) is 1.81. The Labute approximate surface area is 291 Å². The predicted molar refractivity (Wildman–Crippen MR) is 188 cm³/mol. The summed E-state index contributed by atoms with van der Waals surface area (Å²) in [6, 6.07) is 25.6. The highest BCUT2D eigenvalue weighted by atomic mass is 35.5. The van der Waals surface area contributed by atoms with E-state index >= 15 is 0 Å². The lowest BCUT2D eigenvalue weighted by molar-refractivity contribution is -0.140.